The predicted octanol–water partition coefficient (Wildman–Crippen LogP) is 3.72. The van der Waals surface area contributed by atoms with Crippen LogP contribution in [0.1, 0.15) is 56.8 Å². The van der Waals surface area contributed by atoms with Crippen LogP contribution in [0.15, 0.2) is 18.2 Å². The van der Waals surface area contributed by atoms with Gasteiger partial charge in [0.15, 0.2) is 0 Å². The van der Waals surface area contributed by atoms with E-state index < -0.39 is 10.0 Å². The lowest BCUT2D eigenvalue weighted by Gasteiger charge is -2.21. The van der Waals surface area contributed by atoms with Gasteiger partial charge in [-0.15, -0.1) is 0 Å². The van der Waals surface area contributed by atoms with Gasteiger partial charge in [0.1, 0.15) is 0 Å². The van der Waals surface area contributed by atoms with E-state index in [0.717, 1.165) is 11.1 Å². The summed E-state index contributed by atoms with van der Waals surface area (Å²) in [6.45, 7) is 12.1. The number of benzene rings is 1. The monoisotopic (exact) mass is 297 g/mol. The summed E-state index contributed by atoms with van der Waals surface area (Å²) in [6.07, 6.45) is 0.655. The minimum Gasteiger partial charge on any atom is -0.212 e. The first kappa shape index (κ1) is 17.2. The van der Waals surface area contributed by atoms with Gasteiger partial charge in [0.25, 0.3) is 0 Å². The fourth-order valence-corrected chi connectivity index (χ4v) is 3.74. The van der Waals surface area contributed by atoms with Gasteiger partial charge in [-0.05, 0) is 49.3 Å². The lowest BCUT2D eigenvalue weighted by Crippen LogP contribution is -2.31. The maximum absolute atomic E-state index is 12.1. The third-order valence-corrected chi connectivity index (χ3v) is 5.04. The lowest BCUT2D eigenvalue weighted by atomic mass is 9.94. The summed E-state index contributed by atoms with van der Waals surface area (Å²) in [5.74, 6) is 0.172. The van der Waals surface area contributed by atoms with Crippen molar-refractivity contribution in [3.63, 3.8) is 0 Å². The molecule has 1 aromatic rings. The van der Waals surface area contributed by atoms with Crippen LogP contribution in [0.2, 0.25) is 0 Å². The van der Waals surface area contributed by atoms with E-state index >= 15 is 0 Å². The van der Waals surface area contributed by atoms with Crippen LogP contribution in [-0.2, 0) is 10.0 Å². The second-order valence-corrected chi connectivity index (χ2v) is 8.63. The Morgan fingerprint density at radius 1 is 1.20 bits per heavy atom. The van der Waals surface area contributed by atoms with E-state index in [-0.39, 0.29) is 17.2 Å². The van der Waals surface area contributed by atoms with Crippen LogP contribution in [0.4, 0.5) is 0 Å². The molecule has 1 N–H and O–H groups in total. The SMILES string of the molecule is Cc1cccc(C(C)NS(=O)(=O)CCC(C)(C)C)c1C. The topological polar surface area (TPSA) is 46.2 Å². The summed E-state index contributed by atoms with van der Waals surface area (Å²) < 4.78 is 27.1. The molecule has 1 atom stereocenters. The van der Waals surface area contributed by atoms with Crippen LogP contribution in [0.5, 0.6) is 0 Å². The van der Waals surface area contributed by atoms with E-state index in [2.05, 4.69) is 25.5 Å². The lowest BCUT2D eigenvalue weighted by molar-refractivity contribution is 0.396. The standard InChI is InChI=1S/C16H27NO2S/c1-12-8-7-9-15(13(12)2)14(3)17-20(18,19)11-10-16(4,5)6/h7-9,14,17H,10-11H2,1-6H3. The molecule has 0 aliphatic carbocycles. The van der Waals surface area contributed by atoms with Crippen LogP contribution in [-0.4, -0.2) is 14.2 Å². The maximum Gasteiger partial charge on any atom is 0.212 e. The zero-order chi connectivity index (χ0) is 15.6. The molecule has 0 saturated heterocycles. The molecule has 0 fully saturated rings. The van der Waals surface area contributed by atoms with Gasteiger partial charge in [-0.1, -0.05) is 39.0 Å². The van der Waals surface area contributed by atoms with Gasteiger partial charge < -0.3 is 0 Å². The number of hydrogen-bond acceptors (Lipinski definition) is 2. The van der Waals surface area contributed by atoms with Crippen LogP contribution in [0.25, 0.3) is 0 Å². The van der Waals surface area contributed by atoms with Crippen LogP contribution < -0.4 is 4.72 Å². The normalized spacial score (nSPS) is 14.3. The first-order valence-corrected chi connectivity index (χ1v) is 8.73. The molecular formula is C16H27NO2S. The van der Waals surface area contributed by atoms with Crippen molar-refractivity contribution in [3.8, 4) is 0 Å². The average molecular weight is 297 g/mol. The number of nitrogens with one attached hydrogen (secondary N) is 1. The number of hydrogen-bond donors (Lipinski definition) is 1. The van der Waals surface area contributed by atoms with Crippen molar-refractivity contribution in [3.05, 3.63) is 34.9 Å². The molecular weight excluding hydrogens is 270 g/mol. The van der Waals surface area contributed by atoms with E-state index in [4.69, 9.17) is 0 Å². The first-order valence-electron chi connectivity index (χ1n) is 7.08. The molecule has 0 aromatic heterocycles. The average Bonchev–Trinajstić information content (AvgIpc) is 2.29. The molecule has 0 bridgehead atoms. The fourth-order valence-electron chi connectivity index (χ4n) is 2.08. The highest BCUT2D eigenvalue weighted by Gasteiger charge is 2.20. The third-order valence-electron chi connectivity index (χ3n) is 3.59. The number of rotatable bonds is 5. The number of aryl methyl sites for hydroxylation is 1. The Hall–Kier alpha value is -0.870. The van der Waals surface area contributed by atoms with Gasteiger partial charge in [0.2, 0.25) is 10.0 Å². The minimum absolute atomic E-state index is 0.0250. The summed E-state index contributed by atoms with van der Waals surface area (Å²) in [6, 6.07) is 5.80. The Bertz CT molecular complexity index is 556. The smallest absolute Gasteiger partial charge is 0.212 e. The Morgan fingerprint density at radius 2 is 1.80 bits per heavy atom. The minimum atomic E-state index is -3.24. The maximum atomic E-state index is 12.1. The van der Waals surface area contributed by atoms with Gasteiger partial charge in [0.05, 0.1) is 5.75 Å². The summed E-state index contributed by atoms with van der Waals surface area (Å²) in [4.78, 5) is 0. The van der Waals surface area contributed by atoms with Crippen LogP contribution >= 0.6 is 0 Å². The molecule has 20 heavy (non-hydrogen) atoms. The Balaban J connectivity index is 2.79. The quantitative estimate of drug-likeness (QED) is 0.900. The highest BCUT2D eigenvalue weighted by molar-refractivity contribution is 7.89. The van der Waals surface area contributed by atoms with Crippen molar-refractivity contribution in [2.24, 2.45) is 5.41 Å². The largest absolute Gasteiger partial charge is 0.212 e. The fraction of sp³-hybridized carbons (Fsp3) is 0.625. The molecule has 0 aliphatic rings. The van der Waals surface area contributed by atoms with E-state index in [9.17, 15) is 8.42 Å². The van der Waals surface area contributed by atoms with Gasteiger partial charge >= 0.3 is 0 Å². The zero-order valence-electron chi connectivity index (χ0n) is 13.4. The van der Waals surface area contributed by atoms with Gasteiger partial charge in [-0.2, -0.15) is 0 Å². The summed E-state index contributed by atoms with van der Waals surface area (Å²) in [5.41, 5.74) is 3.41. The van der Waals surface area contributed by atoms with E-state index in [0.29, 0.717) is 6.42 Å². The van der Waals surface area contributed by atoms with Gasteiger partial charge in [-0.25, -0.2) is 13.1 Å². The van der Waals surface area contributed by atoms with Crippen molar-refractivity contribution in [2.45, 2.75) is 54.0 Å². The van der Waals surface area contributed by atoms with Crippen LogP contribution in [0.3, 0.4) is 0 Å². The molecule has 0 aliphatic heterocycles. The van der Waals surface area contributed by atoms with Gasteiger partial charge in [0, 0.05) is 6.04 Å². The van der Waals surface area contributed by atoms with Crippen molar-refractivity contribution >= 4 is 10.0 Å². The molecule has 0 saturated carbocycles. The predicted molar refractivity (Wildman–Crippen MR) is 85.3 cm³/mol. The van der Waals surface area contributed by atoms with Crippen molar-refractivity contribution in [2.75, 3.05) is 5.75 Å². The number of sulfonamides is 1. The Kier molecular flexibility index (Phi) is 5.39. The highest BCUT2D eigenvalue weighted by Crippen LogP contribution is 2.22. The van der Waals surface area contributed by atoms with Crippen molar-refractivity contribution in [1.82, 2.24) is 4.72 Å². The van der Waals surface area contributed by atoms with E-state index in [1.54, 1.807) is 0 Å². The summed E-state index contributed by atoms with van der Waals surface area (Å²) >= 11 is 0. The van der Waals surface area contributed by atoms with Gasteiger partial charge in [-0.3, -0.25) is 0 Å². The molecule has 1 rings (SSSR count). The highest BCUT2D eigenvalue weighted by atomic mass is 32.2. The summed E-state index contributed by atoms with van der Waals surface area (Å²) in [7, 11) is -3.24. The molecule has 4 heteroatoms. The Labute approximate surface area is 123 Å². The second-order valence-electron chi connectivity index (χ2n) is 6.76. The molecule has 0 amide bonds. The molecule has 1 aromatic carbocycles. The molecule has 1 unspecified atom stereocenters. The molecule has 3 nitrogen and oxygen atoms in total. The molecule has 0 radical (unpaired) electrons. The molecule has 0 heterocycles. The molecule has 0 spiro atoms. The van der Waals surface area contributed by atoms with Crippen molar-refractivity contribution < 1.29 is 8.42 Å². The second kappa shape index (κ2) is 6.27. The zero-order valence-corrected chi connectivity index (χ0v) is 14.3. The van der Waals surface area contributed by atoms with Crippen LogP contribution in [0, 0.1) is 19.3 Å². The molecule has 114 valence electrons. The van der Waals surface area contributed by atoms with E-state index in [1.165, 1.54) is 5.56 Å². The third kappa shape index (κ3) is 5.25. The summed E-state index contributed by atoms with van der Waals surface area (Å²) in [5, 5.41) is 0. The van der Waals surface area contributed by atoms with Crippen molar-refractivity contribution in [1.29, 1.82) is 0 Å². The van der Waals surface area contributed by atoms with E-state index in [1.807, 2.05) is 39.0 Å². The Morgan fingerprint density at radius 3 is 2.35 bits per heavy atom. The first-order chi connectivity index (χ1) is 9.02.